The lowest BCUT2D eigenvalue weighted by Crippen LogP contribution is -2.44. The minimum Gasteiger partial charge on any atom is -0.489 e. The molecule has 158 valence electrons. The van der Waals surface area contributed by atoms with Gasteiger partial charge < -0.3 is 14.6 Å². The maximum Gasteiger partial charge on any atom is 0.437 e. The summed E-state index contributed by atoms with van der Waals surface area (Å²) in [4.78, 5) is 39.3. The van der Waals surface area contributed by atoms with Crippen LogP contribution < -0.4 is 15.0 Å². The van der Waals surface area contributed by atoms with Gasteiger partial charge in [0.15, 0.2) is 0 Å². The third kappa shape index (κ3) is 7.27. The average molecular weight is 413 g/mol. The quantitative estimate of drug-likeness (QED) is 0.437. The molecule has 0 aliphatic rings. The fourth-order valence-electron chi connectivity index (χ4n) is 2.31. The predicted molar refractivity (Wildman–Crippen MR) is 111 cm³/mol. The van der Waals surface area contributed by atoms with Gasteiger partial charge in [-0.15, -0.1) is 4.99 Å². The fourth-order valence-corrected chi connectivity index (χ4v) is 2.31. The number of hydrogen-bond acceptors (Lipinski definition) is 5. The van der Waals surface area contributed by atoms with E-state index in [4.69, 9.17) is 14.6 Å². The third-order valence-electron chi connectivity index (χ3n) is 3.49. The van der Waals surface area contributed by atoms with E-state index in [1.54, 1.807) is 32.9 Å². The van der Waals surface area contributed by atoms with Crippen molar-refractivity contribution in [1.82, 2.24) is 5.32 Å². The van der Waals surface area contributed by atoms with E-state index in [1.807, 2.05) is 35.6 Å². The van der Waals surface area contributed by atoms with Crippen LogP contribution in [-0.2, 0) is 16.1 Å². The Kier molecular flexibility index (Phi) is 7.51. The van der Waals surface area contributed by atoms with E-state index in [0.29, 0.717) is 18.8 Å². The second-order valence-corrected chi connectivity index (χ2v) is 7.09. The van der Waals surface area contributed by atoms with Gasteiger partial charge in [-0.3, -0.25) is 15.0 Å². The lowest BCUT2D eigenvalue weighted by molar-refractivity contribution is -0.106. The van der Waals surface area contributed by atoms with Crippen molar-refractivity contribution in [2.24, 2.45) is 4.99 Å². The van der Waals surface area contributed by atoms with Crippen LogP contribution in [0.5, 0.6) is 5.75 Å². The van der Waals surface area contributed by atoms with Gasteiger partial charge >= 0.3 is 12.2 Å². The molecule has 2 N–H and O–H groups in total. The van der Waals surface area contributed by atoms with Crippen molar-refractivity contribution in [3.63, 3.8) is 0 Å². The van der Waals surface area contributed by atoms with Crippen LogP contribution in [-0.4, -0.2) is 35.3 Å². The second kappa shape index (κ2) is 10.1. The summed E-state index contributed by atoms with van der Waals surface area (Å²) in [5.41, 5.74) is 0.355. The molecule has 9 heteroatoms. The lowest BCUT2D eigenvalue weighted by Gasteiger charge is -2.21. The maximum absolute atomic E-state index is 12.0. The van der Waals surface area contributed by atoms with E-state index >= 15 is 0 Å². The Morgan fingerprint density at radius 2 is 1.83 bits per heavy atom. The van der Waals surface area contributed by atoms with Crippen molar-refractivity contribution < 1.29 is 29.0 Å². The molecule has 0 saturated carbocycles. The number of carbonyl (C=O) groups excluding carboxylic acids is 2. The second-order valence-electron chi connectivity index (χ2n) is 7.09. The first-order valence-corrected chi connectivity index (χ1v) is 9.01. The number of rotatable bonds is 5. The zero-order chi connectivity index (χ0) is 22.1. The van der Waals surface area contributed by atoms with Crippen LogP contribution in [0.1, 0.15) is 26.3 Å². The number of aliphatic imine (C=N–C) groups is 1. The Bertz CT molecular complexity index is 922. The summed E-state index contributed by atoms with van der Waals surface area (Å²) in [6.07, 6.45) is -2.22. The lowest BCUT2D eigenvalue weighted by atomic mass is 10.2. The molecule has 0 aliphatic heterocycles. The number of benzene rings is 2. The molecule has 2 rings (SSSR count). The van der Waals surface area contributed by atoms with Crippen molar-refractivity contribution >= 4 is 30.2 Å². The Morgan fingerprint density at radius 3 is 2.43 bits per heavy atom. The number of guanidine groups is 1. The van der Waals surface area contributed by atoms with E-state index in [9.17, 15) is 14.4 Å². The highest BCUT2D eigenvalue weighted by Gasteiger charge is 2.21. The molecule has 2 aromatic carbocycles. The summed E-state index contributed by atoms with van der Waals surface area (Å²) in [6, 6.07) is 15.9. The summed E-state index contributed by atoms with van der Waals surface area (Å²) >= 11 is 0. The number of carboxylic acid groups (broad SMARTS) is 1. The molecule has 0 saturated heterocycles. The highest BCUT2D eigenvalue weighted by molar-refractivity contribution is 6.15. The SMILES string of the molecule is CC(C)(C)OC(=O)N=C(NC(=O)O)N(C=O)c1cccc(OCc2ccccc2)c1. The Morgan fingerprint density at radius 1 is 1.13 bits per heavy atom. The van der Waals surface area contributed by atoms with Gasteiger partial charge in [0.1, 0.15) is 18.0 Å². The fraction of sp³-hybridized carbons (Fsp3) is 0.238. The molecule has 0 unspecified atom stereocenters. The minimum absolute atomic E-state index is 0.242. The molecule has 0 aromatic heterocycles. The molecule has 0 radical (unpaired) electrons. The van der Waals surface area contributed by atoms with Gasteiger partial charge in [-0.05, 0) is 38.5 Å². The van der Waals surface area contributed by atoms with Crippen LogP contribution >= 0.6 is 0 Å². The van der Waals surface area contributed by atoms with Gasteiger partial charge in [-0.25, -0.2) is 9.59 Å². The largest absolute Gasteiger partial charge is 0.489 e. The summed E-state index contributed by atoms with van der Waals surface area (Å²) < 4.78 is 10.8. The summed E-state index contributed by atoms with van der Waals surface area (Å²) in [5, 5.41) is 11.0. The molecule has 3 amide bonds. The van der Waals surface area contributed by atoms with Gasteiger partial charge in [0.25, 0.3) is 0 Å². The molecule has 0 aliphatic carbocycles. The Hall–Kier alpha value is -3.88. The summed E-state index contributed by atoms with van der Waals surface area (Å²) in [7, 11) is 0. The van der Waals surface area contributed by atoms with Gasteiger partial charge in [0.05, 0.1) is 5.69 Å². The predicted octanol–water partition coefficient (Wildman–Crippen LogP) is 3.79. The average Bonchev–Trinajstić information content (AvgIpc) is 2.66. The van der Waals surface area contributed by atoms with E-state index in [2.05, 4.69) is 4.99 Å². The normalized spacial score (nSPS) is 11.4. The monoisotopic (exact) mass is 413 g/mol. The van der Waals surface area contributed by atoms with E-state index in [1.165, 1.54) is 12.1 Å². The molecule has 9 nitrogen and oxygen atoms in total. The van der Waals surface area contributed by atoms with Gasteiger partial charge in [-0.2, -0.15) is 0 Å². The first-order valence-electron chi connectivity index (χ1n) is 9.01. The minimum atomic E-state index is -1.50. The molecule has 0 atom stereocenters. The van der Waals surface area contributed by atoms with Crippen molar-refractivity contribution in [2.75, 3.05) is 4.90 Å². The Balaban J connectivity index is 2.26. The van der Waals surface area contributed by atoms with Crippen molar-refractivity contribution in [3.8, 4) is 5.75 Å². The zero-order valence-electron chi connectivity index (χ0n) is 16.9. The van der Waals surface area contributed by atoms with Crippen LogP contribution in [0, 0.1) is 0 Å². The topological polar surface area (TPSA) is 118 Å². The number of nitrogens with zero attached hydrogens (tertiary/aromatic N) is 2. The Labute approximate surface area is 173 Å². The van der Waals surface area contributed by atoms with Crippen molar-refractivity contribution in [2.45, 2.75) is 33.0 Å². The van der Waals surface area contributed by atoms with Crippen LogP contribution in [0.15, 0.2) is 59.6 Å². The molecular weight excluding hydrogens is 390 g/mol. The first kappa shape index (κ1) is 22.4. The van der Waals surface area contributed by atoms with Crippen molar-refractivity contribution in [3.05, 3.63) is 60.2 Å². The number of amides is 3. The van der Waals surface area contributed by atoms with Crippen LogP contribution in [0.25, 0.3) is 0 Å². The van der Waals surface area contributed by atoms with Crippen LogP contribution in [0.2, 0.25) is 0 Å². The number of ether oxygens (including phenoxy) is 2. The van der Waals surface area contributed by atoms with E-state index < -0.39 is 23.7 Å². The van der Waals surface area contributed by atoms with Gasteiger partial charge in [0.2, 0.25) is 12.4 Å². The maximum atomic E-state index is 12.0. The zero-order valence-corrected chi connectivity index (χ0v) is 16.9. The third-order valence-corrected chi connectivity index (χ3v) is 3.49. The molecular formula is C21H23N3O6. The van der Waals surface area contributed by atoms with Crippen molar-refractivity contribution in [1.29, 1.82) is 0 Å². The summed E-state index contributed by atoms with van der Waals surface area (Å²) in [6.45, 7) is 5.21. The number of hydrogen-bond donors (Lipinski definition) is 2. The van der Waals surface area contributed by atoms with E-state index in [-0.39, 0.29) is 5.69 Å². The van der Waals surface area contributed by atoms with Crippen LogP contribution in [0.4, 0.5) is 15.3 Å². The van der Waals surface area contributed by atoms with Gasteiger partial charge in [0, 0.05) is 6.07 Å². The summed E-state index contributed by atoms with van der Waals surface area (Å²) in [5.74, 6) is -0.0814. The van der Waals surface area contributed by atoms with E-state index in [0.717, 1.165) is 10.5 Å². The number of carbonyl (C=O) groups is 3. The standard InChI is InChI=1S/C21H23N3O6/c1-21(2,3)30-20(28)23-18(22-19(26)27)24(14-25)16-10-7-11-17(12-16)29-13-15-8-5-4-6-9-15/h4-12,14H,13H2,1-3H3,(H,26,27)(H,22,23,28). The highest BCUT2D eigenvalue weighted by atomic mass is 16.6. The molecule has 0 spiro atoms. The molecule has 0 heterocycles. The smallest absolute Gasteiger partial charge is 0.437 e. The first-order chi connectivity index (χ1) is 14.2. The highest BCUT2D eigenvalue weighted by Crippen LogP contribution is 2.22. The van der Waals surface area contributed by atoms with Crippen LogP contribution in [0.3, 0.4) is 0 Å². The molecule has 0 bridgehead atoms. The number of nitrogens with one attached hydrogen (secondary N) is 1. The number of anilines is 1. The molecule has 30 heavy (non-hydrogen) atoms. The van der Waals surface area contributed by atoms with Gasteiger partial charge in [-0.1, -0.05) is 36.4 Å². The molecule has 2 aromatic rings. The molecule has 0 fully saturated rings.